The second kappa shape index (κ2) is 5.54. The Balaban J connectivity index is 1.98. The van der Waals surface area contributed by atoms with E-state index in [-0.39, 0.29) is 5.91 Å². The highest BCUT2D eigenvalue weighted by molar-refractivity contribution is 7.80. The van der Waals surface area contributed by atoms with Gasteiger partial charge in [-0.05, 0) is 31.5 Å². The minimum Gasteiger partial charge on any atom is -0.302 e. The summed E-state index contributed by atoms with van der Waals surface area (Å²) in [5, 5.41) is 3.48. The number of nitrogens with zero attached hydrogens (tertiary/aromatic N) is 1. The molecule has 94 valence electrons. The molecule has 0 fully saturated rings. The van der Waals surface area contributed by atoms with Gasteiger partial charge in [0.15, 0.2) is 5.13 Å². The van der Waals surface area contributed by atoms with Gasteiger partial charge in [-0.1, -0.05) is 12.1 Å². The van der Waals surface area contributed by atoms with Crippen molar-refractivity contribution in [3.8, 4) is 0 Å². The fourth-order valence-corrected chi connectivity index (χ4v) is 2.47. The van der Waals surface area contributed by atoms with Gasteiger partial charge < -0.3 is 5.32 Å². The number of hydrogen-bond donors (Lipinski definition) is 2. The van der Waals surface area contributed by atoms with Crippen molar-refractivity contribution < 1.29 is 4.79 Å². The van der Waals surface area contributed by atoms with Crippen LogP contribution in [0.25, 0.3) is 0 Å². The molecule has 0 unspecified atom stereocenters. The van der Waals surface area contributed by atoms with Crippen LogP contribution in [-0.2, 0) is 11.2 Å². The largest absolute Gasteiger partial charge is 0.302 e. The number of aromatic nitrogens is 1. The average Bonchev–Trinajstić information content (AvgIpc) is 2.61. The molecule has 1 N–H and O–H groups in total. The first kappa shape index (κ1) is 13.1. The number of anilines is 1. The van der Waals surface area contributed by atoms with Crippen molar-refractivity contribution in [2.75, 3.05) is 5.32 Å². The van der Waals surface area contributed by atoms with Crippen molar-refractivity contribution in [2.24, 2.45) is 0 Å². The number of thiazole rings is 1. The minimum absolute atomic E-state index is 0.0457. The van der Waals surface area contributed by atoms with Gasteiger partial charge >= 0.3 is 0 Å². The Morgan fingerprint density at radius 3 is 2.56 bits per heavy atom. The number of nitrogens with one attached hydrogen (secondary N) is 1. The van der Waals surface area contributed by atoms with Crippen molar-refractivity contribution in [3.63, 3.8) is 0 Å². The van der Waals surface area contributed by atoms with E-state index in [0.29, 0.717) is 11.6 Å². The third kappa shape index (κ3) is 3.34. The number of hydrogen-bond acceptors (Lipinski definition) is 4. The van der Waals surface area contributed by atoms with Gasteiger partial charge in [0.25, 0.3) is 0 Å². The first-order valence-electron chi connectivity index (χ1n) is 5.56. The van der Waals surface area contributed by atoms with Gasteiger partial charge in [0.1, 0.15) is 0 Å². The fraction of sp³-hybridized carbons (Fsp3) is 0.231. The third-order valence-electron chi connectivity index (χ3n) is 2.58. The predicted octanol–water partition coefficient (Wildman–Crippen LogP) is 3.23. The molecular weight excluding hydrogens is 264 g/mol. The molecule has 0 saturated carbocycles. The Labute approximate surface area is 116 Å². The SMILES string of the molecule is Cc1nc(NC(=O)Cc2ccc(S)cc2)sc1C. The van der Waals surface area contributed by atoms with Crippen molar-refractivity contribution in [3.05, 3.63) is 40.4 Å². The van der Waals surface area contributed by atoms with E-state index >= 15 is 0 Å². The number of rotatable bonds is 3. The van der Waals surface area contributed by atoms with Crippen LogP contribution in [0.1, 0.15) is 16.1 Å². The molecule has 0 radical (unpaired) electrons. The normalized spacial score (nSPS) is 10.4. The molecule has 18 heavy (non-hydrogen) atoms. The summed E-state index contributed by atoms with van der Waals surface area (Å²) in [6, 6.07) is 7.56. The lowest BCUT2D eigenvalue weighted by atomic mass is 10.1. The molecule has 0 bridgehead atoms. The first-order valence-corrected chi connectivity index (χ1v) is 6.83. The maximum Gasteiger partial charge on any atom is 0.230 e. The van der Waals surface area contributed by atoms with Crippen LogP contribution in [0.5, 0.6) is 0 Å². The number of carbonyl (C=O) groups excluding carboxylic acids is 1. The van der Waals surface area contributed by atoms with Crippen LogP contribution in [0, 0.1) is 13.8 Å². The molecule has 3 nitrogen and oxygen atoms in total. The van der Waals surface area contributed by atoms with Crippen molar-refractivity contribution in [1.82, 2.24) is 4.98 Å². The van der Waals surface area contributed by atoms with Gasteiger partial charge in [-0.15, -0.1) is 24.0 Å². The second-order valence-corrected chi connectivity index (χ2v) is 5.77. The molecule has 5 heteroatoms. The minimum atomic E-state index is -0.0457. The summed E-state index contributed by atoms with van der Waals surface area (Å²) in [6.07, 6.45) is 0.353. The number of benzene rings is 1. The zero-order chi connectivity index (χ0) is 13.1. The quantitative estimate of drug-likeness (QED) is 0.846. The maximum atomic E-state index is 11.8. The third-order valence-corrected chi connectivity index (χ3v) is 3.86. The van der Waals surface area contributed by atoms with E-state index in [0.717, 1.165) is 21.0 Å². The molecule has 0 spiro atoms. The molecule has 1 aromatic carbocycles. The van der Waals surface area contributed by atoms with E-state index in [1.54, 1.807) is 0 Å². The predicted molar refractivity (Wildman–Crippen MR) is 77.6 cm³/mol. The zero-order valence-electron chi connectivity index (χ0n) is 10.2. The number of aryl methyl sites for hydroxylation is 2. The molecule has 1 aromatic heterocycles. The summed E-state index contributed by atoms with van der Waals surface area (Å²) in [7, 11) is 0. The Morgan fingerprint density at radius 1 is 1.33 bits per heavy atom. The highest BCUT2D eigenvalue weighted by Gasteiger charge is 2.08. The molecule has 0 aliphatic heterocycles. The molecular formula is C13H14N2OS2. The monoisotopic (exact) mass is 278 g/mol. The van der Waals surface area contributed by atoms with Gasteiger partial charge in [0.2, 0.25) is 5.91 Å². The standard InChI is InChI=1S/C13H14N2OS2/c1-8-9(2)18-13(14-8)15-12(16)7-10-3-5-11(17)6-4-10/h3-6,17H,7H2,1-2H3,(H,14,15,16). The van der Waals surface area contributed by atoms with Crippen LogP contribution in [0.2, 0.25) is 0 Å². The van der Waals surface area contributed by atoms with Gasteiger partial charge in [0, 0.05) is 9.77 Å². The van der Waals surface area contributed by atoms with Crippen LogP contribution in [0.4, 0.5) is 5.13 Å². The maximum absolute atomic E-state index is 11.8. The summed E-state index contributed by atoms with van der Waals surface area (Å²) in [5.74, 6) is -0.0457. The fourth-order valence-electron chi connectivity index (χ4n) is 1.49. The highest BCUT2D eigenvalue weighted by atomic mass is 32.1. The molecule has 1 amide bonds. The smallest absolute Gasteiger partial charge is 0.230 e. The molecule has 2 aromatic rings. The van der Waals surface area contributed by atoms with Gasteiger partial charge in [-0.2, -0.15) is 0 Å². The lowest BCUT2D eigenvalue weighted by Gasteiger charge is -2.02. The highest BCUT2D eigenvalue weighted by Crippen LogP contribution is 2.21. The molecule has 0 aliphatic rings. The van der Waals surface area contributed by atoms with Crippen LogP contribution < -0.4 is 5.32 Å². The topological polar surface area (TPSA) is 42.0 Å². The van der Waals surface area contributed by atoms with Crippen LogP contribution >= 0.6 is 24.0 Å². The van der Waals surface area contributed by atoms with E-state index in [1.807, 2.05) is 38.1 Å². The van der Waals surface area contributed by atoms with Crippen molar-refractivity contribution in [2.45, 2.75) is 25.2 Å². The molecule has 0 saturated heterocycles. The molecule has 0 aliphatic carbocycles. The Bertz CT molecular complexity index is 541. The van der Waals surface area contributed by atoms with Gasteiger partial charge in [0.05, 0.1) is 12.1 Å². The summed E-state index contributed by atoms with van der Waals surface area (Å²) in [6.45, 7) is 3.93. The Kier molecular flexibility index (Phi) is 4.04. The van der Waals surface area contributed by atoms with E-state index in [1.165, 1.54) is 11.3 Å². The van der Waals surface area contributed by atoms with Crippen molar-refractivity contribution in [1.29, 1.82) is 0 Å². The molecule has 1 heterocycles. The van der Waals surface area contributed by atoms with E-state index < -0.39 is 0 Å². The second-order valence-electron chi connectivity index (χ2n) is 4.05. The van der Waals surface area contributed by atoms with E-state index in [2.05, 4.69) is 22.9 Å². The summed E-state index contributed by atoms with van der Waals surface area (Å²) in [4.78, 5) is 18.1. The zero-order valence-corrected chi connectivity index (χ0v) is 11.9. The van der Waals surface area contributed by atoms with Gasteiger partial charge in [-0.3, -0.25) is 4.79 Å². The van der Waals surface area contributed by atoms with Gasteiger partial charge in [-0.25, -0.2) is 4.98 Å². The average molecular weight is 278 g/mol. The molecule has 2 rings (SSSR count). The van der Waals surface area contributed by atoms with E-state index in [9.17, 15) is 4.79 Å². The van der Waals surface area contributed by atoms with Crippen LogP contribution in [0.15, 0.2) is 29.2 Å². The summed E-state index contributed by atoms with van der Waals surface area (Å²) in [5.41, 5.74) is 1.94. The van der Waals surface area contributed by atoms with Crippen LogP contribution in [-0.4, -0.2) is 10.9 Å². The lowest BCUT2D eigenvalue weighted by molar-refractivity contribution is -0.115. The Hall–Kier alpha value is -1.33. The van der Waals surface area contributed by atoms with Crippen LogP contribution in [0.3, 0.4) is 0 Å². The van der Waals surface area contributed by atoms with Crippen molar-refractivity contribution >= 4 is 35.0 Å². The molecule has 0 atom stereocenters. The number of carbonyl (C=O) groups is 1. The summed E-state index contributed by atoms with van der Waals surface area (Å²) >= 11 is 5.71. The number of amides is 1. The Morgan fingerprint density at radius 2 is 2.00 bits per heavy atom. The lowest BCUT2D eigenvalue weighted by Crippen LogP contribution is -2.14. The van der Waals surface area contributed by atoms with E-state index in [4.69, 9.17) is 0 Å². The summed E-state index contributed by atoms with van der Waals surface area (Å²) < 4.78 is 0. The number of thiol groups is 1. The first-order chi connectivity index (χ1) is 8.54.